The highest BCUT2D eigenvalue weighted by Gasteiger charge is 2.15. The lowest BCUT2D eigenvalue weighted by atomic mass is 10.1. The van der Waals surface area contributed by atoms with Crippen LogP contribution in [0, 0.1) is 10.1 Å². The average Bonchev–Trinajstić information content (AvgIpc) is 3.01. The second-order valence-electron chi connectivity index (χ2n) is 5.08. The van der Waals surface area contributed by atoms with Gasteiger partial charge in [-0.3, -0.25) is 10.1 Å². The summed E-state index contributed by atoms with van der Waals surface area (Å²) >= 11 is 0. The standard InChI is InChI=1S/C18H15N3O2/c22-21(23)18(16-9-5-2-6-10-16)11-17-12-19-14-20(17)13-15-7-3-1-4-8-15/h1-12,14H,13H2/b18-11-. The molecule has 0 saturated heterocycles. The minimum atomic E-state index is -0.366. The fourth-order valence-electron chi connectivity index (χ4n) is 2.35. The summed E-state index contributed by atoms with van der Waals surface area (Å²) in [6.07, 6.45) is 4.88. The smallest absolute Gasteiger partial charge is 0.278 e. The summed E-state index contributed by atoms with van der Waals surface area (Å²) in [5.74, 6) is 0. The highest BCUT2D eigenvalue weighted by Crippen LogP contribution is 2.19. The van der Waals surface area contributed by atoms with Crippen molar-refractivity contribution < 1.29 is 4.92 Å². The van der Waals surface area contributed by atoms with E-state index in [9.17, 15) is 10.1 Å². The molecule has 3 rings (SSSR count). The molecule has 0 saturated carbocycles. The van der Waals surface area contributed by atoms with Crippen LogP contribution in [0.4, 0.5) is 0 Å². The number of nitrogens with zero attached hydrogens (tertiary/aromatic N) is 3. The third kappa shape index (κ3) is 3.52. The lowest BCUT2D eigenvalue weighted by Gasteiger charge is -2.06. The van der Waals surface area contributed by atoms with Crippen molar-refractivity contribution in [1.82, 2.24) is 9.55 Å². The molecule has 0 aliphatic heterocycles. The quantitative estimate of drug-likeness (QED) is 0.533. The van der Waals surface area contributed by atoms with Crippen LogP contribution in [0.25, 0.3) is 11.8 Å². The molecule has 0 radical (unpaired) electrons. The Bertz CT molecular complexity index is 824. The second kappa shape index (κ2) is 6.70. The highest BCUT2D eigenvalue weighted by atomic mass is 16.6. The van der Waals surface area contributed by atoms with E-state index in [1.807, 2.05) is 41.0 Å². The Labute approximate surface area is 133 Å². The van der Waals surface area contributed by atoms with Gasteiger partial charge in [0.15, 0.2) is 0 Å². The van der Waals surface area contributed by atoms with Crippen LogP contribution >= 0.6 is 0 Å². The molecular weight excluding hydrogens is 290 g/mol. The van der Waals surface area contributed by atoms with E-state index in [0.717, 1.165) is 5.56 Å². The molecule has 5 heteroatoms. The Morgan fingerprint density at radius 3 is 2.39 bits per heavy atom. The lowest BCUT2D eigenvalue weighted by Crippen LogP contribution is -2.02. The molecule has 0 atom stereocenters. The summed E-state index contributed by atoms with van der Waals surface area (Å²) in [4.78, 5) is 15.2. The maximum atomic E-state index is 11.4. The van der Waals surface area contributed by atoms with Gasteiger partial charge in [0.1, 0.15) is 0 Å². The summed E-state index contributed by atoms with van der Waals surface area (Å²) in [6.45, 7) is 0.618. The van der Waals surface area contributed by atoms with Crippen molar-refractivity contribution in [3.63, 3.8) is 0 Å². The van der Waals surface area contributed by atoms with Crippen LogP contribution in [0.3, 0.4) is 0 Å². The van der Waals surface area contributed by atoms with E-state index in [1.165, 1.54) is 0 Å². The van der Waals surface area contributed by atoms with E-state index >= 15 is 0 Å². The van der Waals surface area contributed by atoms with Crippen LogP contribution < -0.4 is 0 Å². The molecule has 0 bridgehead atoms. The first-order valence-electron chi connectivity index (χ1n) is 7.19. The molecule has 0 aliphatic carbocycles. The van der Waals surface area contributed by atoms with Crippen LogP contribution in [-0.2, 0) is 6.54 Å². The predicted molar refractivity (Wildman–Crippen MR) is 89.1 cm³/mol. The van der Waals surface area contributed by atoms with E-state index in [4.69, 9.17) is 0 Å². The van der Waals surface area contributed by atoms with Gasteiger partial charge in [0.05, 0.1) is 28.7 Å². The monoisotopic (exact) mass is 305 g/mol. The zero-order valence-corrected chi connectivity index (χ0v) is 12.4. The molecule has 1 heterocycles. The summed E-state index contributed by atoms with van der Waals surface area (Å²) in [6, 6.07) is 18.8. The average molecular weight is 305 g/mol. The van der Waals surface area contributed by atoms with Gasteiger partial charge in [-0.15, -0.1) is 0 Å². The van der Waals surface area contributed by atoms with Gasteiger partial charge in [-0.05, 0) is 17.7 Å². The molecule has 0 amide bonds. The van der Waals surface area contributed by atoms with Gasteiger partial charge >= 0.3 is 0 Å². The summed E-state index contributed by atoms with van der Waals surface area (Å²) in [5.41, 5.74) is 2.44. The fourth-order valence-corrected chi connectivity index (χ4v) is 2.35. The number of imidazole rings is 1. The van der Waals surface area contributed by atoms with Crippen molar-refractivity contribution in [3.05, 3.63) is 100 Å². The van der Waals surface area contributed by atoms with Crippen molar-refractivity contribution in [3.8, 4) is 0 Å². The molecule has 0 N–H and O–H groups in total. The first-order valence-corrected chi connectivity index (χ1v) is 7.19. The second-order valence-corrected chi connectivity index (χ2v) is 5.08. The Kier molecular flexibility index (Phi) is 4.29. The minimum absolute atomic E-state index is 0.0559. The Morgan fingerprint density at radius 2 is 1.74 bits per heavy atom. The van der Waals surface area contributed by atoms with Crippen molar-refractivity contribution in [2.75, 3.05) is 0 Å². The van der Waals surface area contributed by atoms with Crippen molar-refractivity contribution in [1.29, 1.82) is 0 Å². The first-order chi connectivity index (χ1) is 11.2. The van der Waals surface area contributed by atoms with Crippen LogP contribution in [0.15, 0.2) is 73.2 Å². The number of hydrogen-bond acceptors (Lipinski definition) is 3. The van der Waals surface area contributed by atoms with Crippen molar-refractivity contribution >= 4 is 11.8 Å². The van der Waals surface area contributed by atoms with Crippen LogP contribution in [0.5, 0.6) is 0 Å². The van der Waals surface area contributed by atoms with Gasteiger partial charge in [0, 0.05) is 12.6 Å². The molecular formula is C18H15N3O2. The maximum absolute atomic E-state index is 11.4. The Hall–Kier alpha value is -3.21. The lowest BCUT2D eigenvalue weighted by molar-refractivity contribution is -0.374. The van der Waals surface area contributed by atoms with E-state index in [1.54, 1.807) is 42.9 Å². The number of nitro groups is 1. The number of rotatable bonds is 5. The number of hydrogen-bond donors (Lipinski definition) is 0. The van der Waals surface area contributed by atoms with Gasteiger partial charge in [-0.25, -0.2) is 4.98 Å². The summed E-state index contributed by atoms with van der Waals surface area (Å²) < 4.78 is 1.89. The van der Waals surface area contributed by atoms with Crippen LogP contribution in [0.1, 0.15) is 16.8 Å². The van der Waals surface area contributed by atoms with Gasteiger partial charge in [0.25, 0.3) is 5.70 Å². The molecule has 0 fully saturated rings. The Balaban J connectivity index is 1.95. The van der Waals surface area contributed by atoms with Gasteiger partial charge in [-0.2, -0.15) is 0 Å². The number of aromatic nitrogens is 2. The van der Waals surface area contributed by atoms with Gasteiger partial charge < -0.3 is 4.57 Å². The molecule has 23 heavy (non-hydrogen) atoms. The van der Waals surface area contributed by atoms with E-state index in [0.29, 0.717) is 17.8 Å². The largest absolute Gasteiger partial charge is 0.326 e. The molecule has 0 aliphatic rings. The van der Waals surface area contributed by atoms with Gasteiger partial charge in [0.2, 0.25) is 0 Å². The summed E-state index contributed by atoms with van der Waals surface area (Å²) in [5, 5.41) is 11.4. The molecule has 0 unspecified atom stereocenters. The molecule has 0 spiro atoms. The van der Waals surface area contributed by atoms with Crippen molar-refractivity contribution in [2.24, 2.45) is 0 Å². The van der Waals surface area contributed by atoms with Crippen LogP contribution in [-0.4, -0.2) is 14.5 Å². The topological polar surface area (TPSA) is 61.0 Å². The van der Waals surface area contributed by atoms with E-state index < -0.39 is 0 Å². The van der Waals surface area contributed by atoms with E-state index in [-0.39, 0.29) is 10.6 Å². The van der Waals surface area contributed by atoms with Crippen LogP contribution in [0.2, 0.25) is 0 Å². The van der Waals surface area contributed by atoms with Crippen molar-refractivity contribution in [2.45, 2.75) is 6.54 Å². The Morgan fingerprint density at radius 1 is 1.09 bits per heavy atom. The fraction of sp³-hybridized carbons (Fsp3) is 0.0556. The molecule has 114 valence electrons. The third-order valence-corrected chi connectivity index (χ3v) is 3.49. The normalized spacial score (nSPS) is 11.4. The SMILES string of the molecule is O=[N+]([O-])/C(=C\c1cncn1Cc1ccccc1)c1ccccc1. The molecule has 3 aromatic rings. The minimum Gasteiger partial charge on any atom is -0.326 e. The molecule has 1 aromatic heterocycles. The molecule has 2 aromatic carbocycles. The third-order valence-electron chi connectivity index (χ3n) is 3.49. The predicted octanol–water partition coefficient (Wildman–Crippen LogP) is 3.71. The van der Waals surface area contributed by atoms with E-state index in [2.05, 4.69) is 4.98 Å². The zero-order valence-electron chi connectivity index (χ0n) is 12.4. The summed E-state index contributed by atoms with van der Waals surface area (Å²) in [7, 11) is 0. The zero-order chi connectivity index (χ0) is 16.1. The highest BCUT2D eigenvalue weighted by molar-refractivity contribution is 5.75. The first kappa shape index (κ1) is 14.7. The maximum Gasteiger partial charge on any atom is 0.278 e. The van der Waals surface area contributed by atoms with Gasteiger partial charge in [-0.1, -0.05) is 48.5 Å². The molecule has 5 nitrogen and oxygen atoms in total. The number of benzene rings is 2.